The van der Waals surface area contributed by atoms with E-state index in [0.29, 0.717) is 11.1 Å². The van der Waals surface area contributed by atoms with Gasteiger partial charge in [0.25, 0.3) is 0 Å². The molecule has 106 valence electrons. The molecule has 4 nitrogen and oxygen atoms in total. The van der Waals surface area contributed by atoms with E-state index >= 15 is 0 Å². The van der Waals surface area contributed by atoms with Crippen molar-refractivity contribution < 1.29 is 20.4 Å². The van der Waals surface area contributed by atoms with Crippen molar-refractivity contribution in [1.29, 1.82) is 0 Å². The lowest BCUT2D eigenvalue weighted by atomic mass is 9.91. The van der Waals surface area contributed by atoms with E-state index in [1.165, 1.54) is 12.1 Å². The number of phenolic OH excluding ortho intramolecular Hbond substituents is 4. The Kier molecular flexibility index (Phi) is 3.88. The molecule has 20 heavy (non-hydrogen) atoms. The third-order valence-corrected chi connectivity index (χ3v) is 3.73. The van der Waals surface area contributed by atoms with Gasteiger partial charge in [0.05, 0.1) is 10.0 Å². The summed E-state index contributed by atoms with van der Waals surface area (Å²) < 4.78 is 0. The molecular weight excluding hydrogens is 303 g/mol. The number of phenols is 4. The molecule has 0 radical (unpaired) electrons. The Morgan fingerprint density at radius 3 is 1.40 bits per heavy atom. The Labute approximate surface area is 125 Å². The van der Waals surface area contributed by atoms with Gasteiger partial charge in [0, 0.05) is 29.2 Å². The zero-order valence-corrected chi connectivity index (χ0v) is 11.9. The molecule has 0 spiro atoms. The first-order valence-electron chi connectivity index (χ1n) is 5.74. The minimum absolute atomic E-state index is 0.0917. The third-order valence-electron chi connectivity index (χ3n) is 3.13. The van der Waals surface area contributed by atoms with Gasteiger partial charge in [-0.05, 0) is 12.1 Å². The van der Waals surface area contributed by atoms with Crippen molar-refractivity contribution in [1.82, 2.24) is 0 Å². The molecule has 0 atom stereocenters. The lowest BCUT2D eigenvalue weighted by molar-refractivity contribution is 0.438. The second-order valence-electron chi connectivity index (χ2n) is 4.45. The number of hydrogen-bond acceptors (Lipinski definition) is 4. The van der Waals surface area contributed by atoms with Gasteiger partial charge in [-0.1, -0.05) is 30.1 Å². The van der Waals surface area contributed by atoms with Gasteiger partial charge in [-0.15, -0.1) is 0 Å². The van der Waals surface area contributed by atoms with E-state index in [-0.39, 0.29) is 33.0 Å². The predicted octanol–water partition coefficient (Wildman–Crippen LogP) is 3.97. The summed E-state index contributed by atoms with van der Waals surface area (Å²) in [6.07, 6.45) is 0. The predicted molar refractivity (Wildman–Crippen MR) is 77.1 cm³/mol. The van der Waals surface area contributed by atoms with Crippen LogP contribution in [0.25, 0.3) is 0 Å². The average Bonchev–Trinajstić information content (AvgIpc) is 2.37. The molecule has 0 aromatic heterocycles. The minimum Gasteiger partial charge on any atom is -0.508 e. The highest BCUT2D eigenvalue weighted by molar-refractivity contribution is 6.32. The molecule has 6 heteroatoms. The highest BCUT2D eigenvalue weighted by Crippen LogP contribution is 2.42. The van der Waals surface area contributed by atoms with Crippen LogP contribution in [0.2, 0.25) is 10.0 Å². The van der Waals surface area contributed by atoms with Crippen molar-refractivity contribution >= 4 is 23.2 Å². The normalized spacial score (nSPS) is 11.0. The fourth-order valence-corrected chi connectivity index (χ4v) is 2.34. The molecule has 0 saturated heterocycles. The fraction of sp³-hybridized carbons (Fsp3) is 0.143. The first-order valence-corrected chi connectivity index (χ1v) is 6.49. The van der Waals surface area contributed by atoms with Crippen molar-refractivity contribution in [3.05, 3.63) is 45.4 Å². The van der Waals surface area contributed by atoms with Crippen LogP contribution in [0.1, 0.15) is 24.0 Å². The standard InChI is InChI=1S/C14H12Cl2O4/c1-6(7-2-9(15)13(19)4-11(7)17)8-3-10(16)14(20)5-12(8)18/h2-6,17-20H,1H3. The Morgan fingerprint density at radius 1 is 0.700 bits per heavy atom. The molecule has 2 rings (SSSR count). The summed E-state index contributed by atoms with van der Waals surface area (Å²) in [5.74, 6) is -1.20. The van der Waals surface area contributed by atoms with Crippen LogP contribution < -0.4 is 0 Å². The number of hydrogen-bond donors (Lipinski definition) is 4. The maximum absolute atomic E-state index is 9.88. The monoisotopic (exact) mass is 314 g/mol. The van der Waals surface area contributed by atoms with E-state index in [1.807, 2.05) is 0 Å². The Balaban J connectivity index is 2.54. The highest BCUT2D eigenvalue weighted by atomic mass is 35.5. The number of halogens is 2. The van der Waals surface area contributed by atoms with Crippen molar-refractivity contribution in [3.8, 4) is 23.0 Å². The van der Waals surface area contributed by atoms with Gasteiger partial charge in [0.15, 0.2) is 0 Å². The molecular formula is C14H12Cl2O4. The second kappa shape index (κ2) is 5.31. The van der Waals surface area contributed by atoms with Crippen LogP contribution in [0.3, 0.4) is 0 Å². The summed E-state index contributed by atoms with van der Waals surface area (Å²) in [5, 5.41) is 38.8. The summed E-state index contributed by atoms with van der Waals surface area (Å²) in [4.78, 5) is 0. The van der Waals surface area contributed by atoms with E-state index in [4.69, 9.17) is 23.2 Å². The van der Waals surface area contributed by atoms with Crippen LogP contribution in [-0.2, 0) is 0 Å². The maximum atomic E-state index is 9.88. The SMILES string of the molecule is CC(c1cc(Cl)c(O)cc1O)c1cc(Cl)c(O)cc1O. The summed E-state index contributed by atoms with van der Waals surface area (Å²) in [5.41, 5.74) is 0.842. The van der Waals surface area contributed by atoms with Crippen LogP contribution in [0.5, 0.6) is 23.0 Å². The number of rotatable bonds is 2. The van der Waals surface area contributed by atoms with Crippen LogP contribution in [0.4, 0.5) is 0 Å². The molecule has 2 aromatic carbocycles. The summed E-state index contributed by atoms with van der Waals surface area (Å²) in [6, 6.07) is 5.09. The lowest BCUT2D eigenvalue weighted by Crippen LogP contribution is -1.98. The van der Waals surface area contributed by atoms with Crippen molar-refractivity contribution in [2.24, 2.45) is 0 Å². The highest BCUT2D eigenvalue weighted by Gasteiger charge is 2.19. The molecule has 0 saturated carbocycles. The summed E-state index contributed by atoms with van der Waals surface area (Å²) in [6.45, 7) is 1.73. The number of aromatic hydroxyl groups is 4. The van der Waals surface area contributed by atoms with Gasteiger partial charge in [-0.2, -0.15) is 0 Å². The average molecular weight is 315 g/mol. The van der Waals surface area contributed by atoms with Crippen molar-refractivity contribution in [2.75, 3.05) is 0 Å². The molecule has 2 aromatic rings. The van der Waals surface area contributed by atoms with E-state index < -0.39 is 5.92 Å². The molecule has 0 aliphatic rings. The van der Waals surface area contributed by atoms with E-state index in [1.54, 1.807) is 6.92 Å². The summed E-state index contributed by atoms with van der Waals surface area (Å²) in [7, 11) is 0. The largest absolute Gasteiger partial charge is 0.508 e. The van der Waals surface area contributed by atoms with Crippen molar-refractivity contribution in [3.63, 3.8) is 0 Å². The van der Waals surface area contributed by atoms with Crippen LogP contribution >= 0.6 is 23.2 Å². The quantitative estimate of drug-likeness (QED) is 0.676. The molecule has 0 unspecified atom stereocenters. The van der Waals surface area contributed by atoms with Crippen LogP contribution in [0, 0.1) is 0 Å². The molecule has 0 aliphatic carbocycles. The van der Waals surface area contributed by atoms with Gasteiger partial charge in [0.2, 0.25) is 0 Å². The second-order valence-corrected chi connectivity index (χ2v) is 5.26. The molecule has 0 amide bonds. The zero-order chi connectivity index (χ0) is 15.0. The van der Waals surface area contributed by atoms with Gasteiger partial charge in [-0.25, -0.2) is 0 Å². The maximum Gasteiger partial charge on any atom is 0.137 e. The first-order chi connectivity index (χ1) is 9.31. The first kappa shape index (κ1) is 14.6. The Bertz CT molecular complexity index is 613. The van der Waals surface area contributed by atoms with E-state index in [0.717, 1.165) is 12.1 Å². The zero-order valence-electron chi connectivity index (χ0n) is 10.4. The molecule has 0 heterocycles. The van der Waals surface area contributed by atoms with Crippen LogP contribution in [-0.4, -0.2) is 20.4 Å². The Morgan fingerprint density at radius 2 is 1.05 bits per heavy atom. The minimum atomic E-state index is -0.439. The molecule has 0 bridgehead atoms. The molecule has 0 fully saturated rings. The Hall–Kier alpha value is -1.78. The number of benzene rings is 2. The van der Waals surface area contributed by atoms with E-state index in [9.17, 15) is 20.4 Å². The third kappa shape index (κ3) is 2.57. The molecule has 0 aliphatic heterocycles. The van der Waals surface area contributed by atoms with Gasteiger partial charge in [0.1, 0.15) is 23.0 Å². The van der Waals surface area contributed by atoms with Gasteiger partial charge >= 0.3 is 0 Å². The van der Waals surface area contributed by atoms with Gasteiger partial charge < -0.3 is 20.4 Å². The van der Waals surface area contributed by atoms with E-state index in [2.05, 4.69) is 0 Å². The van der Waals surface area contributed by atoms with Crippen molar-refractivity contribution in [2.45, 2.75) is 12.8 Å². The molecule has 4 N–H and O–H groups in total. The van der Waals surface area contributed by atoms with Crippen LogP contribution in [0.15, 0.2) is 24.3 Å². The van der Waals surface area contributed by atoms with Gasteiger partial charge in [-0.3, -0.25) is 0 Å². The topological polar surface area (TPSA) is 80.9 Å². The summed E-state index contributed by atoms with van der Waals surface area (Å²) >= 11 is 11.6. The smallest absolute Gasteiger partial charge is 0.137 e. The lowest BCUT2D eigenvalue weighted by Gasteiger charge is -2.17. The fourth-order valence-electron chi connectivity index (χ4n) is 1.99.